The molecule has 3 amide bonds. The van der Waals surface area contributed by atoms with Gasteiger partial charge in [-0.15, -0.1) is 11.3 Å². The molecule has 2 aromatic heterocycles. The summed E-state index contributed by atoms with van der Waals surface area (Å²) in [5.41, 5.74) is 0.0595. The van der Waals surface area contributed by atoms with Gasteiger partial charge in [0.2, 0.25) is 0 Å². The third-order valence-electron chi connectivity index (χ3n) is 4.92. The number of pyridine rings is 1. The molecule has 0 aliphatic carbocycles. The fraction of sp³-hybridized carbons (Fsp3) is 0.190. The molecular formula is C21H16N4O5S. The predicted octanol–water partition coefficient (Wildman–Crippen LogP) is 1.97. The van der Waals surface area contributed by atoms with Crippen molar-refractivity contribution in [2.75, 3.05) is 18.0 Å². The molecule has 0 unspecified atom stereocenters. The third-order valence-corrected chi connectivity index (χ3v) is 5.78. The SMILES string of the molecule is [2H]C([2H])(c1csc(N2C[C@H](CN3C(=O)c4ccccc4C3=O)OC2=O)n1)n1ccccc1=O. The minimum absolute atomic E-state index is 0.0348. The monoisotopic (exact) mass is 438 g/mol. The highest BCUT2D eigenvalue weighted by atomic mass is 32.1. The lowest BCUT2D eigenvalue weighted by atomic mass is 10.1. The second kappa shape index (κ2) is 7.47. The Morgan fingerprint density at radius 1 is 1.06 bits per heavy atom. The van der Waals surface area contributed by atoms with E-state index < -0.39 is 36.1 Å². The van der Waals surface area contributed by atoms with Crippen LogP contribution in [0.4, 0.5) is 9.93 Å². The fourth-order valence-electron chi connectivity index (χ4n) is 3.46. The van der Waals surface area contributed by atoms with Crippen molar-refractivity contribution >= 4 is 34.4 Å². The summed E-state index contributed by atoms with van der Waals surface area (Å²) in [4.78, 5) is 56.2. The average Bonchev–Trinajstić information content (AvgIpc) is 3.48. The highest BCUT2D eigenvalue weighted by Gasteiger charge is 2.41. The number of thiazole rings is 1. The molecule has 0 N–H and O–H groups in total. The van der Waals surface area contributed by atoms with Crippen molar-refractivity contribution in [1.82, 2.24) is 14.5 Å². The zero-order valence-electron chi connectivity index (χ0n) is 17.9. The molecule has 9 nitrogen and oxygen atoms in total. The van der Waals surface area contributed by atoms with Crippen LogP contribution in [0.15, 0.2) is 58.8 Å². The Hall–Kier alpha value is -3.79. The summed E-state index contributed by atoms with van der Waals surface area (Å²) in [6.07, 6.45) is -0.153. The van der Waals surface area contributed by atoms with Crippen molar-refractivity contribution in [3.05, 3.63) is 81.2 Å². The number of carbonyl (C=O) groups is 3. The number of benzene rings is 1. The van der Waals surface area contributed by atoms with Crippen LogP contribution in [0.2, 0.25) is 0 Å². The van der Waals surface area contributed by atoms with Crippen molar-refractivity contribution in [3.63, 3.8) is 0 Å². The number of carbonyl (C=O) groups excluding carboxylic acids is 3. The van der Waals surface area contributed by atoms with Gasteiger partial charge in [0.05, 0.1) is 39.1 Å². The molecule has 156 valence electrons. The molecular weight excluding hydrogens is 420 g/mol. The molecule has 1 saturated heterocycles. The van der Waals surface area contributed by atoms with E-state index in [9.17, 15) is 19.2 Å². The van der Waals surface area contributed by atoms with Crippen LogP contribution >= 0.6 is 11.3 Å². The maximum Gasteiger partial charge on any atom is 0.416 e. The van der Waals surface area contributed by atoms with E-state index in [1.165, 1.54) is 34.7 Å². The largest absolute Gasteiger partial charge is 0.442 e. The first-order valence-electron chi connectivity index (χ1n) is 10.3. The number of hydrogen-bond acceptors (Lipinski definition) is 7. The Morgan fingerprint density at radius 2 is 1.77 bits per heavy atom. The molecule has 0 saturated carbocycles. The smallest absolute Gasteiger partial charge is 0.416 e. The van der Waals surface area contributed by atoms with E-state index in [2.05, 4.69) is 4.98 Å². The van der Waals surface area contributed by atoms with Crippen LogP contribution in [0.3, 0.4) is 0 Å². The summed E-state index contributed by atoms with van der Waals surface area (Å²) >= 11 is 1.02. The summed E-state index contributed by atoms with van der Waals surface area (Å²) in [5.74, 6) is -0.883. The van der Waals surface area contributed by atoms with Crippen molar-refractivity contribution in [2.24, 2.45) is 0 Å². The van der Waals surface area contributed by atoms with Crippen LogP contribution in [0.25, 0.3) is 0 Å². The summed E-state index contributed by atoms with van der Waals surface area (Å²) in [7, 11) is 0. The van der Waals surface area contributed by atoms with Gasteiger partial charge in [0.1, 0.15) is 6.10 Å². The molecule has 1 aromatic carbocycles. The number of imide groups is 1. The molecule has 31 heavy (non-hydrogen) atoms. The number of fused-ring (bicyclic) bond motifs is 1. The standard InChI is InChI=1S/C21H16N4O5S/c26-17-7-3-4-8-23(17)9-13-12-31-20(22-13)25-11-14(30-21(25)29)10-24-18(27)15-5-1-2-6-16(15)19(24)28/h1-8,12,14H,9-11H2/t14-/m0/s1/i9D2. The molecule has 1 fully saturated rings. The van der Waals surface area contributed by atoms with Gasteiger partial charge in [0.25, 0.3) is 17.4 Å². The molecule has 3 aromatic rings. The normalized spacial score (nSPS) is 19.4. The van der Waals surface area contributed by atoms with E-state index in [-0.39, 0.29) is 23.9 Å². The van der Waals surface area contributed by atoms with Gasteiger partial charge >= 0.3 is 6.09 Å². The summed E-state index contributed by atoms with van der Waals surface area (Å²) < 4.78 is 22.9. The van der Waals surface area contributed by atoms with Crippen molar-refractivity contribution in [2.45, 2.75) is 12.6 Å². The van der Waals surface area contributed by atoms with E-state index in [1.54, 1.807) is 24.3 Å². The van der Waals surface area contributed by atoms with Gasteiger partial charge in [-0.25, -0.2) is 14.7 Å². The van der Waals surface area contributed by atoms with E-state index in [0.29, 0.717) is 11.1 Å². The average molecular weight is 438 g/mol. The molecule has 10 heteroatoms. The molecule has 0 bridgehead atoms. The van der Waals surface area contributed by atoms with Gasteiger partial charge in [0, 0.05) is 17.6 Å². The molecule has 1 atom stereocenters. The lowest BCUT2D eigenvalue weighted by Crippen LogP contribution is -2.38. The highest BCUT2D eigenvalue weighted by molar-refractivity contribution is 7.14. The highest BCUT2D eigenvalue weighted by Crippen LogP contribution is 2.28. The lowest BCUT2D eigenvalue weighted by Gasteiger charge is -2.17. The second-order valence-corrected chi connectivity index (χ2v) is 7.76. The predicted molar refractivity (Wildman–Crippen MR) is 111 cm³/mol. The molecule has 0 radical (unpaired) electrons. The number of ether oxygens (including phenoxy) is 1. The van der Waals surface area contributed by atoms with Gasteiger partial charge in [-0.05, 0) is 18.2 Å². The molecule has 5 rings (SSSR count). The van der Waals surface area contributed by atoms with E-state index in [0.717, 1.165) is 20.8 Å². The topological polar surface area (TPSA) is 102 Å². The quantitative estimate of drug-likeness (QED) is 0.565. The Kier molecular flexibility index (Phi) is 4.09. The van der Waals surface area contributed by atoms with Crippen LogP contribution in [-0.4, -0.2) is 51.6 Å². The van der Waals surface area contributed by atoms with Crippen molar-refractivity contribution in [1.29, 1.82) is 0 Å². The first kappa shape index (κ1) is 16.9. The zero-order valence-corrected chi connectivity index (χ0v) is 16.7. The first-order chi connectivity index (χ1) is 15.8. The Labute approximate surface area is 182 Å². The molecule has 0 spiro atoms. The van der Waals surface area contributed by atoms with Gasteiger partial charge < -0.3 is 9.30 Å². The second-order valence-electron chi connectivity index (χ2n) is 6.92. The Balaban J connectivity index is 1.33. The maximum atomic E-state index is 12.6. The van der Waals surface area contributed by atoms with Crippen molar-refractivity contribution in [3.8, 4) is 0 Å². The number of aromatic nitrogens is 2. The Bertz CT molecular complexity index is 1320. The number of anilines is 1. The van der Waals surface area contributed by atoms with Crippen LogP contribution < -0.4 is 10.5 Å². The number of nitrogens with zero attached hydrogens (tertiary/aromatic N) is 4. The fourth-order valence-corrected chi connectivity index (χ4v) is 4.21. The molecule has 2 aliphatic rings. The summed E-state index contributed by atoms with van der Waals surface area (Å²) in [5, 5.41) is 1.62. The number of hydrogen-bond donors (Lipinski definition) is 0. The summed E-state index contributed by atoms with van der Waals surface area (Å²) in [6, 6.07) is 10.8. The van der Waals surface area contributed by atoms with Crippen LogP contribution in [0.5, 0.6) is 0 Å². The van der Waals surface area contributed by atoms with E-state index in [1.807, 2.05) is 0 Å². The number of cyclic esters (lactones) is 1. The number of rotatable bonds is 5. The first-order valence-corrected chi connectivity index (χ1v) is 10.2. The van der Waals surface area contributed by atoms with Crippen LogP contribution in [-0.2, 0) is 11.2 Å². The van der Waals surface area contributed by atoms with Gasteiger partial charge in [-0.3, -0.25) is 19.3 Å². The van der Waals surface area contributed by atoms with Gasteiger partial charge in [-0.1, -0.05) is 18.2 Å². The van der Waals surface area contributed by atoms with Gasteiger partial charge in [0.15, 0.2) is 5.13 Å². The zero-order chi connectivity index (χ0) is 23.3. The minimum atomic E-state index is -2.23. The van der Waals surface area contributed by atoms with E-state index >= 15 is 0 Å². The van der Waals surface area contributed by atoms with Crippen LogP contribution in [0, 0.1) is 0 Å². The molecule has 4 heterocycles. The van der Waals surface area contributed by atoms with E-state index in [4.69, 9.17) is 7.48 Å². The summed E-state index contributed by atoms with van der Waals surface area (Å²) in [6.45, 7) is -2.29. The van der Waals surface area contributed by atoms with Gasteiger partial charge in [-0.2, -0.15) is 0 Å². The Morgan fingerprint density at radius 3 is 2.48 bits per heavy atom. The lowest BCUT2D eigenvalue weighted by molar-refractivity contribution is 0.0558. The van der Waals surface area contributed by atoms with Crippen molar-refractivity contribution < 1.29 is 21.9 Å². The minimum Gasteiger partial charge on any atom is -0.442 e. The maximum absolute atomic E-state index is 12.6. The number of amides is 3. The third kappa shape index (κ3) is 3.40. The van der Waals surface area contributed by atoms with Crippen LogP contribution in [0.1, 0.15) is 29.2 Å². The molecule has 2 aliphatic heterocycles.